The summed E-state index contributed by atoms with van der Waals surface area (Å²) < 4.78 is 0. The lowest BCUT2D eigenvalue weighted by Gasteiger charge is -2.06. The average molecular weight is 225 g/mol. The van der Waals surface area contributed by atoms with Crippen molar-refractivity contribution in [3.63, 3.8) is 0 Å². The van der Waals surface area contributed by atoms with Crippen molar-refractivity contribution in [2.75, 3.05) is 6.26 Å². The van der Waals surface area contributed by atoms with Gasteiger partial charge in [0.05, 0.1) is 0 Å². The summed E-state index contributed by atoms with van der Waals surface area (Å²) in [5.41, 5.74) is 0. The zero-order valence-corrected chi connectivity index (χ0v) is 9.19. The van der Waals surface area contributed by atoms with Crippen molar-refractivity contribution in [1.29, 1.82) is 0 Å². The third-order valence-corrected chi connectivity index (χ3v) is 3.17. The number of rotatable bonds is 1. The highest BCUT2D eigenvalue weighted by Gasteiger charge is 2.05. The number of phenols is 1. The number of hydrogen-bond acceptors (Lipinski definition) is 2. The summed E-state index contributed by atoms with van der Waals surface area (Å²) in [6, 6.07) is 9.15. The minimum atomic E-state index is 0.282. The Bertz CT molecular complexity index is 482. The first kappa shape index (κ1) is 9.69. The number of aromatic hydroxyl groups is 1. The average Bonchev–Trinajstić information content (AvgIpc) is 2.16. The number of benzene rings is 2. The molecule has 3 heteroatoms. The van der Waals surface area contributed by atoms with Gasteiger partial charge in [-0.2, -0.15) is 0 Å². The van der Waals surface area contributed by atoms with E-state index in [-0.39, 0.29) is 5.75 Å². The molecule has 72 valence electrons. The van der Waals surface area contributed by atoms with Crippen molar-refractivity contribution < 1.29 is 5.11 Å². The number of thioether (sulfide) groups is 1. The molecule has 1 N–H and O–H groups in total. The highest BCUT2D eigenvalue weighted by Crippen LogP contribution is 2.35. The minimum Gasteiger partial charge on any atom is -0.508 e. The van der Waals surface area contributed by atoms with E-state index in [1.165, 1.54) is 0 Å². The number of hydrogen-bond donors (Lipinski definition) is 1. The lowest BCUT2D eigenvalue weighted by molar-refractivity contribution is 0.475. The SMILES string of the molecule is CSc1cc(O)cc2cccc(Cl)c12. The van der Waals surface area contributed by atoms with Crippen LogP contribution >= 0.6 is 23.4 Å². The van der Waals surface area contributed by atoms with E-state index in [0.29, 0.717) is 0 Å². The summed E-state index contributed by atoms with van der Waals surface area (Å²) in [4.78, 5) is 1.01. The quantitative estimate of drug-likeness (QED) is 0.741. The molecule has 0 fully saturated rings. The van der Waals surface area contributed by atoms with Gasteiger partial charge in [-0.1, -0.05) is 23.7 Å². The number of halogens is 1. The largest absolute Gasteiger partial charge is 0.508 e. The molecule has 0 atom stereocenters. The molecule has 0 aliphatic rings. The summed E-state index contributed by atoms with van der Waals surface area (Å²) in [7, 11) is 0. The zero-order chi connectivity index (χ0) is 10.1. The molecule has 2 rings (SSSR count). The standard InChI is InChI=1S/C11H9ClOS/c1-14-10-6-8(13)5-7-3-2-4-9(12)11(7)10/h2-6,13H,1H3. The van der Waals surface area contributed by atoms with Gasteiger partial charge in [-0.3, -0.25) is 0 Å². The van der Waals surface area contributed by atoms with E-state index >= 15 is 0 Å². The molecule has 0 bridgehead atoms. The van der Waals surface area contributed by atoms with Gasteiger partial charge in [0.15, 0.2) is 0 Å². The van der Waals surface area contributed by atoms with Gasteiger partial charge in [-0.25, -0.2) is 0 Å². The van der Waals surface area contributed by atoms with E-state index in [9.17, 15) is 5.11 Å². The van der Waals surface area contributed by atoms with Crippen LogP contribution in [-0.4, -0.2) is 11.4 Å². The second-order valence-electron chi connectivity index (χ2n) is 2.99. The van der Waals surface area contributed by atoms with Crippen molar-refractivity contribution >= 4 is 34.1 Å². The van der Waals surface area contributed by atoms with Crippen molar-refractivity contribution in [1.82, 2.24) is 0 Å². The normalized spacial score (nSPS) is 10.7. The van der Waals surface area contributed by atoms with E-state index in [1.54, 1.807) is 23.9 Å². The monoisotopic (exact) mass is 224 g/mol. The van der Waals surface area contributed by atoms with Crippen LogP contribution in [0.2, 0.25) is 5.02 Å². The van der Waals surface area contributed by atoms with Crippen LogP contribution in [0.25, 0.3) is 10.8 Å². The maximum Gasteiger partial charge on any atom is 0.117 e. The first-order chi connectivity index (χ1) is 6.72. The third-order valence-electron chi connectivity index (χ3n) is 2.09. The Morgan fingerprint density at radius 2 is 2.07 bits per heavy atom. The van der Waals surface area contributed by atoms with E-state index < -0.39 is 0 Å². The highest BCUT2D eigenvalue weighted by atomic mass is 35.5. The molecular formula is C11H9ClOS. The summed E-state index contributed by atoms with van der Waals surface area (Å²) in [5.74, 6) is 0.282. The van der Waals surface area contributed by atoms with Crippen molar-refractivity contribution in [3.8, 4) is 5.75 Å². The molecule has 0 unspecified atom stereocenters. The molecule has 2 aromatic rings. The van der Waals surface area contributed by atoms with Crippen LogP contribution in [0, 0.1) is 0 Å². The Kier molecular flexibility index (Phi) is 2.57. The van der Waals surface area contributed by atoms with Crippen LogP contribution in [0.15, 0.2) is 35.2 Å². The van der Waals surface area contributed by atoms with Crippen molar-refractivity contribution in [3.05, 3.63) is 35.4 Å². The van der Waals surface area contributed by atoms with Gasteiger partial charge < -0.3 is 5.11 Å². The van der Waals surface area contributed by atoms with Crippen LogP contribution in [0.1, 0.15) is 0 Å². The van der Waals surface area contributed by atoms with Crippen LogP contribution in [0.3, 0.4) is 0 Å². The number of fused-ring (bicyclic) bond motifs is 1. The lowest BCUT2D eigenvalue weighted by Crippen LogP contribution is -1.79. The molecule has 0 saturated heterocycles. The van der Waals surface area contributed by atoms with Gasteiger partial charge in [-0.15, -0.1) is 11.8 Å². The Morgan fingerprint density at radius 3 is 2.79 bits per heavy atom. The summed E-state index contributed by atoms with van der Waals surface area (Å²) in [6.45, 7) is 0. The minimum absolute atomic E-state index is 0.282. The van der Waals surface area contributed by atoms with Gasteiger partial charge in [0.1, 0.15) is 5.75 Å². The van der Waals surface area contributed by atoms with E-state index in [0.717, 1.165) is 20.7 Å². The molecule has 0 spiro atoms. The van der Waals surface area contributed by atoms with E-state index in [1.807, 2.05) is 24.5 Å². The molecule has 2 aromatic carbocycles. The smallest absolute Gasteiger partial charge is 0.117 e. The zero-order valence-electron chi connectivity index (χ0n) is 7.62. The highest BCUT2D eigenvalue weighted by molar-refractivity contribution is 7.98. The molecule has 0 aromatic heterocycles. The first-order valence-electron chi connectivity index (χ1n) is 4.17. The first-order valence-corrected chi connectivity index (χ1v) is 5.78. The van der Waals surface area contributed by atoms with Gasteiger partial charge in [0.2, 0.25) is 0 Å². The van der Waals surface area contributed by atoms with Gasteiger partial charge in [0, 0.05) is 15.3 Å². The Hall–Kier alpha value is -0.860. The Morgan fingerprint density at radius 1 is 1.29 bits per heavy atom. The molecule has 0 saturated carbocycles. The Balaban J connectivity index is 2.88. The molecule has 1 nitrogen and oxygen atoms in total. The van der Waals surface area contributed by atoms with Gasteiger partial charge in [0.25, 0.3) is 0 Å². The summed E-state index contributed by atoms with van der Waals surface area (Å²) in [6.07, 6.45) is 1.97. The van der Waals surface area contributed by atoms with Gasteiger partial charge in [-0.05, 0) is 29.8 Å². The van der Waals surface area contributed by atoms with Crippen molar-refractivity contribution in [2.45, 2.75) is 4.90 Å². The van der Waals surface area contributed by atoms with E-state index in [4.69, 9.17) is 11.6 Å². The lowest BCUT2D eigenvalue weighted by atomic mass is 10.1. The number of phenolic OH excluding ortho intramolecular Hbond substituents is 1. The summed E-state index contributed by atoms with van der Waals surface area (Å²) in [5, 5.41) is 12.2. The molecular weight excluding hydrogens is 216 g/mol. The maximum atomic E-state index is 9.48. The predicted octanol–water partition coefficient (Wildman–Crippen LogP) is 3.92. The fraction of sp³-hybridized carbons (Fsp3) is 0.0909. The second-order valence-corrected chi connectivity index (χ2v) is 4.24. The molecule has 0 aliphatic carbocycles. The van der Waals surface area contributed by atoms with Crippen LogP contribution < -0.4 is 0 Å². The molecule has 0 amide bonds. The topological polar surface area (TPSA) is 20.2 Å². The molecule has 0 heterocycles. The van der Waals surface area contributed by atoms with Gasteiger partial charge >= 0.3 is 0 Å². The van der Waals surface area contributed by atoms with Crippen molar-refractivity contribution in [2.24, 2.45) is 0 Å². The Labute approximate surface area is 91.7 Å². The fourth-order valence-corrected chi connectivity index (χ4v) is 2.50. The molecule has 0 aliphatic heterocycles. The molecule has 14 heavy (non-hydrogen) atoms. The molecule has 0 radical (unpaired) electrons. The fourth-order valence-electron chi connectivity index (χ4n) is 1.49. The summed E-state index contributed by atoms with van der Waals surface area (Å²) >= 11 is 7.68. The predicted molar refractivity (Wildman–Crippen MR) is 62.4 cm³/mol. The maximum absolute atomic E-state index is 9.48. The van der Waals surface area contributed by atoms with Crippen LogP contribution in [0.5, 0.6) is 5.75 Å². The third kappa shape index (κ3) is 1.56. The second kappa shape index (κ2) is 3.71. The van der Waals surface area contributed by atoms with Crippen LogP contribution in [0.4, 0.5) is 0 Å². The van der Waals surface area contributed by atoms with E-state index in [2.05, 4.69) is 0 Å². The van der Waals surface area contributed by atoms with Crippen LogP contribution in [-0.2, 0) is 0 Å².